The van der Waals surface area contributed by atoms with Crippen LogP contribution in [0.4, 0.5) is 11.4 Å². The lowest BCUT2D eigenvalue weighted by Crippen LogP contribution is -2.49. The quantitative estimate of drug-likeness (QED) is 0.519. The zero-order chi connectivity index (χ0) is 21.0. The van der Waals surface area contributed by atoms with Crippen molar-refractivity contribution in [1.29, 1.82) is 0 Å². The molecule has 0 unspecified atom stereocenters. The van der Waals surface area contributed by atoms with Gasteiger partial charge >= 0.3 is 0 Å². The maximum Gasteiger partial charge on any atom is 0.294 e. The van der Waals surface area contributed by atoms with Gasteiger partial charge in [-0.15, -0.1) is 0 Å². The third kappa shape index (κ3) is 4.98. The van der Waals surface area contributed by atoms with Gasteiger partial charge in [-0.1, -0.05) is 37.6 Å². The first-order chi connectivity index (χ1) is 13.9. The standard InChI is InChI=1S/C21H24ClN3O4/c1-15(2)14-29-17-6-3-5-16(13-17)21(26)24-11-9-23(10-12-24)20-18(22)7-4-8-19(20)25(27)28/h3-8,13,15H,9-12,14H2,1-2H3. The van der Waals surface area contributed by atoms with Gasteiger partial charge < -0.3 is 14.5 Å². The highest BCUT2D eigenvalue weighted by molar-refractivity contribution is 6.33. The predicted octanol–water partition coefficient (Wildman–Crippen LogP) is 4.25. The van der Waals surface area contributed by atoms with Crippen LogP contribution in [0, 0.1) is 16.0 Å². The molecule has 0 aliphatic carbocycles. The Morgan fingerprint density at radius 2 is 1.86 bits per heavy atom. The summed E-state index contributed by atoms with van der Waals surface area (Å²) in [6, 6.07) is 11.8. The van der Waals surface area contributed by atoms with Crippen LogP contribution < -0.4 is 9.64 Å². The lowest BCUT2D eigenvalue weighted by molar-refractivity contribution is -0.384. The van der Waals surface area contributed by atoms with Gasteiger partial charge in [0.05, 0.1) is 16.6 Å². The molecule has 1 aliphatic rings. The summed E-state index contributed by atoms with van der Waals surface area (Å²) in [5.74, 6) is 1.000. The minimum atomic E-state index is -0.429. The molecule has 8 heteroatoms. The van der Waals surface area contributed by atoms with E-state index in [4.69, 9.17) is 16.3 Å². The van der Waals surface area contributed by atoms with Gasteiger partial charge in [0, 0.05) is 37.8 Å². The highest BCUT2D eigenvalue weighted by atomic mass is 35.5. The zero-order valence-corrected chi connectivity index (χ0v) is 17.3. The largest absolute Gasteiger partial charge is 0.493 e. The molecule has 29 heavy (non-hydrogen) atoms. The number of halogens is 1. The van der Waals surface area contributed by atoms with Gasteiger partial charge in [0.1, 0.15) is 11.4 Å². The van der Waals surface area contributed by atoms with E-state index in [2.05, 4.69) is 13.8 Å². The van der Waals surface area contributed by atoms with E-state index >= 15 is 0 Å². The molecule has 0 aromatic heterocycles. The molecule has 1 saturated heterocycles. The zero-order valence-electron chi connectivity index (χ0n) is 16.5. The molecule has 3 rings (SSSR count). The van der Waals surface area contributed by atoms with Gasteiger partial charge in [0.2, 0.25) is 0 Å². The first-order valence-electron chi connectivity index (χ1n) is 9.57. The molecule has 2 aromatic rings. The Bertz CT molecular complexity index is 895. The summed E-state index contributed by atoms with van der Waals surface area (Å²) in [4.78, 5) is 27.4. The Hall–Kier alpha value is -2.80. The number of amides is 1. The van der Waals surface area contributed by atoms with Crippen LogP contribution in [0.5, 0.6) is 5.75 Å². The minimum absolute atomic E-state index is 0.0210. The van der Waals surface area contributed by atoms with Crippen molar-refractivity contribution in [2.75, 3.05) is 37.7 Å². The molecule has 7 nitrogen and oxygen atoms in total. The molecular weight excluding hydrogens is 394 g/mol. The fraction of sp³-hybridized carbons (Fsp3) is 0.381. The number of nitro groups is 1. The lowest BCUT2D eigenvalue weighted by Gasteiger charge is -2.36. The number of hydrogen-bond acceptors (Lipinski definition) is 5. The van der Waals surface area contributed by atoms with Gasteiger partial charge in [0.15, 0.2) is 0 Å². The van der Waals surface area contributed by atoms with Crippen LogP contribution in [0.15, 0.2) is 42.5 Å². The van der Waals surface area contributed by atoms with Crippen molar-refractivity contribution in [1.82, 2.24) is 4.90 Å². The van der Waals surface area contributed by atoms with Crippen molar-refractivity contribution in [3.63, 3.8) is 0 Å². The number of carbonyl (C=O) groups is 1. The van der Waals surface area contributed by atoms with E-state index in [-0.39, 0.29) is 11.6 Å². The molecular formula is C21H24ClN3O4. The van der Waals surface area contributed by atoms with E-state index in [1.54, 1.807) is 29.2 Å². The second-order valence-corrected chi connectivity index (χ2v) is 7.78. The molecule has 1 heterocycles. The van der Waals surface area contributed by atoms with Crippen LogP contribution in [0.2, 0.25) is 5.02 Å². The molecule has 0 radical (unpaired) electrons. The number of para-hydroxylation sites is 1. The fourth-order valence-electron chi connectivity index (χ4n) is 3.26. The molecule has 0 atom stereocenters. The van der Waals surface area contributed by atoms with E-state index in [1.807, 2.05) is 17.0 Å². The molecule has 1 aliphatic heterocycles. The number of piperazine rings is 1. The number of nitro benzene ring substituents is 1. The van der Waals surface area contributed by atoms with Crippen molar-refractivity contribution in [2.45, 2.75) is 13.8 Å². The third-order valence-electron chi connectivity index (χ3n) is 4.71. The number of rotatable bonds is 6. The number of carbonyl (C=O) groups excluding carboxylic acids is 1. The normalized spacial score (nSPS) is 14.2. The van der Waals surface area contributed by atoms with Crippen LogP contribution in [0.1, 0.15) is 24.2 Å². The molecule has 154 valence electrons. The van der Waals surface area contributed by atoms with E-state index in [1.165, 1.54) is 6.07 Å². The summed E-state index contributed by atoms with van der Waals surface area (Å²) in [5.41, 5.74) is 0.964. The number of anilines is 1. The van der Waals surface area contributed by atoms with Crippen LogP contribution >= 0.6 is 11.6 Å². The maximum absolute atomic E-state index is 12.9. The van der Waals surface area contributed by atoms with Crippen molar-refractivity contribution >= 4 is 28.9 Å². The third-order valence-corrected chi connectivity index (χ3v) is 5.01. The smallest absolute Gasteiger partial charge is 0.294 e. The number of benzene rings is 2. The Kier molecular flexibility index (Phi) is 6.59. The van der Waals surface area contributed by atoms with Gasteiger partial charge in [-0.3, -0.25) is 14.9 Å². The second-order valence-electron chi connectivity index (χ2n) is 7.38. The lowest BCUT2D eigenvalue weighted by atomic mass is 10.1. The topological polar surface area (TPSA) is 75.9 Å². The first-order valence-corrected chi connectivity index (χ1v) is 9.94. The molecule has 0 bridgehead atoms. The minimum Gasteiger partial charge on any atom is -0.493 e. The monoisotopic (exact) mass is 417 g/mol. The summed E-state index contributed by atoms with van der Waals surface area (Å²) < 4.78 is 5.71. The molecule has 1 amide bonds. The summed E-state index contributed by atoms with van der Waals surface area (Å²) in [5, 5.41) is 11.7. The van der Waals surface area contributed by atoms with Crippen LogP contribution in [0.3, 0.4) is 0 Å². The van der Waals surface area contributed by atoms with E-state index in [0.29, 0.717) is 60.7 Å². The maximum atomic E-state index is 12.9. The van der Waals surface area contributed by atoms with Crippen molar-refractivity contribution in [3.05, 3.63) is 63.2 Å². The SMILES string of the molecule is CC(C)COc1cccc(C(=O)N2CCN(c3c(Cl)cccc3[N+](=O)[O-])CC2)c1. The summed E-state index contributed by atoms with van der Waals surface area (Å²) in [6.07, 6.45) is 0. The van der Waals surface area contributed by atoms with Gasteiger partial charge in [-0.25, -0.2) is 0 Å². The number of hydrogen-bond donors (Lipinski definition) is 0. The molecule has 2 aromatic carbocycles. The van der Waals surface area contributed by atoms with Crippen molar-refractivity contribution in [2.24, 2.45) is 5.92 Å². The molecule has 0 spiro atoms. The highest BCUT2D eigenvalue weighted by Gasteiger charge is 2.28. The number of nitrogens with zero attached hydrogens (tertiary/aromatic N) is 3. The molecule has 0 saturated carbocycles. The van der Waals surface area contributed by atoms with E-state index < -0.39 is 4.92 Å². The average Bonchev–Trinajstić information content (AvgIpc) is 2.72. The van der Waals surface area contributed by atoms with Crippen molar-refractivity contribution < 1.29 is 14.5 Å². The van der Waals surface area contributed by atoms with Crippen LogP contribution in [0.25, 0.3) is 0 Å². The Morgan fingerprint density at radius 3 is 2.52 bits per heavy atom. The first kappa shape index (κ1) is 20.9. The van der Waals surface area contributed by atoms with Gasteiger partial charge in [-0.2, -0.15) is 0 Å². The Labute approximate surface area is 175 Å². The van der Waals surface area contributed by atoms with Crippen LogP contribution in [-0.4, -0.2) is 48.5 Å². The van der Waals surface area contributed by atoms with E-state index in [0.717, 1.165) is 0 Å². The highest BCUT2D eigenvalue weighted by Crippen LogP contribution is 2.36. The fourth-order valence-corrected chi connectivity index (χ4v) is 3.55. The Balaban J connectivity index is 1.68. The molecule has 1 fully saturated rings. The average molecular weight is 418 g/mol. The summed E-state index contributed by atoms with van der Waals surface area (Å²) in [6.45, 7) is 6.58. The summed E-state index contributed by atoms with van der Waals surface area (Å²) >= 11 is 6.23. The Morgan fingerprint density at radius 1 is 1.17 bits per heavy atom. The van der Waals surface area contributed by atoms with Gasteiger partial charge in [-0.05, 0) is 30.2 Å². The van der Waals surface area contributed by atoms with E-state index in [9.17, 15) is 14.9 Å². The van der Waals surface area contributed by atoms with Gasteiger partial charge in [0.25, 0.3) is 11.6 Å². The van der Waals surface area contributed by atoms with Crippen LogP contribution in [-0.2, 0) is 0 Å². The predicted molar refractivity (Wildman–Crippen MR) is 113 cm³/mol. The summed E-state index contributed by atoms with van der Waals surface area (Å²) in [7, 11) is 0. The van der Waals surface area contributed by atoms with Crippen molar-refractivity contribution in [3.8, 4) is 5.75 Å². The number of ether oxygens (including phenoxy) is 1. The second kappa shape index (κ2) is 9.13. The molecule has 0 N–H and O–H groups in total.